The van der Waals surface area contributed by atoms with E-state index in [4.69, 9.17) is 9.47 Å². The average Bonchev–Trinajstić information content (AvgIpc) is 3.40. The number of halogens is 1. The minimum atomic E-state index is -1.08. The van der Waals surface area contributed by atoms with Crippen LogP contribution in [0.4, 0.5) is 4.79 Å². The highest BCUT2D eigenvalue weighted by Crippen LogP contribution is 2.36. The van der Waals surface area contributed by atoms with Crippen LogP contribution in [-0.2, 0) is 14.3 Å². The van der Waals surface area contributed by atoms with Crippen molar-refractivity contribution in [2.75, 3.05) is 13.2 Å². The molecule has 1 saturated carbocycles. The van der Waals surface area contributed by atoms with Crippen LogP contribution in [0.25, 0.3) is 10.8 Å². The molecule has 1 heterocycles. The molecule has 40 heavy (non-hydrogen) atoms. The van der Waals surface area contributed by atoms with Gasteiger partial charge in [-0.2, -0.15) is 0 Å². The Hall–Kier alpha value is -3.07. The predicted molar refractivity (Wildman–Crippen MR) is 157 cm³/mol. The maximum Gasteiger partial charge on any atom is 0.407 e. The molecule has 216 valence electrons. The first-order valence-corrected chi connectivity index (χ1v) is 15.1. The van der Waals surface area contributed by atoms with Gasteiger partial charge in [0.25, 0.3) is 0 Å². The summed E-state index contributed by atoms with van der Waals surface area (Å²) in [6.07, 6.45) is 9.09. The van der Waals surface area contributed by atoms with Gasteiger partial charge in [0.05, 0.1) is 17.6 Å². The molecule has 2 aromatic carbocycles. The molecule has 2 fully saturated rings. The number of alkyl carbamates (subject to hydrolysis) is 1. The van der Waals surface area contributed by atoms with Gasteiger partial charge in [-0.3, -0.25) is 4.79 Å². The van der Waals surface area contributed by atoms with Gasteiger partial charge in [-0.05, 0) is 77.2 Å². The summed E-state index contributed by atoms with van der Waals surface area (Å²) in [4.78, 5) is 40.2. The first kappa shape index (κ1) is 29.9. The highest BCUT2D eigenvalue weighted by molar-refractivity contribution is 9.10. The highest BCUT2D eigenvalue weighted by Gasteiger charge is 2.45. The summed E-state index contributed by atoms with van der Waals surface area (Å²) in [6, 6.07) is 9.84. The predicted octanol–water partition coefficient (Wildman–Crippen LogP) is 6.46. The number of likely N-dealkylation sites (tertiary alicyclic amines) is 1. The number of carboxylic acid groups (broad SMARTS) is 1. The number of carbonyl (C=O) groups is 3. The van der Waals surface area contributed by atoms with E-state index in [1.54, 1.807) is 0 Å². The fraction of sp³-hybridized carbons (Fsp3) is 0.516. The molecule has 2 aromatic rings. The molecule has 8 nitrogen and oxygen atoms in total. The maximum absolute atomic E-state index is 13.9. The maximum atomic E-state index is 13.9. The SMILES string of the molecule is C=CCCCCCOC(=O)N[C@H](C(=O)N1C[C@H](Oc2ccc3ccccc3c2Br)C[C@H]1C(=O)O)C1CCCCC1. The molecule has 2 N–H and O–H groups in total. The molecule has 2 amide bonds. The topological polar surface area (TPSA) is 105 Å². The summed E-state index contributed by atoms with van der Waals surface area (Å²) in [5.74, 6) is -0.932. The Bertz CT molecular complexity index is 1200. The van der Waals surface area contributed by atoms with E-state index in [1.165, 1.54) is 4.90 Å². The van der Waals surface area contributed by atoms with Crippen molar-refractivity contribution in [2.45, 2.75) is 82.4 Å². The third-order valence-corrected chi connectivity index (χ3v) is 8.72. The van der Waals surface area contributed by atoms with Crippen molar-refractivity contribution in [1.82, 2.24) is 10.2 Å². The Balaban J connectivity index is 1.45. The average molecular weight is 616 g/mol. The van der Waals surface area contributed by atoms with Gasteiger partial charge in [0, 0.05) is 6.42 Å². The molecule has 2 aliphatic rings. The second-order valence-corrected chi connectivity index (χ2v) is 11.5. The van der Waals surface area contributed by atoms with E-state index in [9.17, 15) is 19.5 Å². The van der Waals surface area contributed by atoms with Crippen molar-refractivity contribution in [1.29, 1.82) is 0 Å². The van der Waals surface area contributed by atoms with Crippen LogP contribution in [0.2, 0.25) is 0 Å². The summed E-state index contributed by atoms with van der Waals surface area (Å²) in [6.45, 7) is 4.10. The van der Waals surface area contributed by atoms with Crippen LogP contribution in [0.3, 0.4) is 0 Å². The number of benzene rings is 2. The van der Waals surface area contributed by atoms with E-state index in [1.807, 2.05) is 42.5 Å². The zero-order valence-electron chi connectivity index (χ0n) is 22.9. The number of unbranched alkanes of at least 4 members (excludes halogenated alkanes) is 3. The van der Waals surface area contributed by atoms with E-state index < -0.39 is 30.3 Å². The lowest BCUT2D eigenvalue weighted by Crippen LogP contribution is -2.55. The zero-order valence-corrected chi connectivity index (χ0v) is 24.4. The number of amides is 2. The fourth-order valence-corrected chi connectivity index (χ4v) is 6.36. The number of rotatable bonds is 12. The number of allylic oxidation sites excluding steroid dienone is 1. The van der Waals surface area contributed by atoms with Crippen LogP contribution >= 0.6 is 15.9 Å². The number of fused-ring (bicyclic) bond motifs is 1. The van der Waals surface area contributed by atoms with Crippen LogP contribution in [0.15, 0.2) is 53.5 Å². The highest BCUT2D eigenvalue weighted by atomic mass is 79.9. The Kier molecular flexibility index (Phi) is 10.9. The quantitative estimate of drug-likeness (QED) is 0.210. The third kappa shape index (κ3) is 7.56. The van der Waals surface area contributed by atoms with Gasteiger partial charge in [-0.1, -0.05) is 55.7 Å². The van der Waals surface area contributed by atoms with Gasteiger partial charge in [0.15, 0.2) is 0 Å². The van der Waals surface area contributed by atoms with Gasteiger partial charge in [-0.25, -0.2) is 9.59 Å². The molecule has 0 radical (unpaired) electrons. The Labute approximate surface area is 244 Å². The summed E-state index contributed by atoms with van der Waals surface area (Å²) >= 11 is 3.63. The molecule has 4 rings (SSSR count). The molecule has 0 spiro atoms. The standard InChI is InChI=1S/C31H39BrN2O6/c1-2-3-4-5-11-18-39-31(38)33-28(22-13-7-6-8-14-22)29(35)34-20-23(19-25(34)30(36)37)40-26-17-16-21-12-9-10-15-24(21)27(26)32/h2,9-10,12,15-17,22-23,25,28H,1,3-8,11,13-14,18-20H2,(H,33,38)(H,36,37)/t23-,25+,28+/m1/s1. The van der Waals surface area contributed by atoms with E-state index in [2.05, 4.69) is 27.8 Å². The third-order valence-electron chi connectivity index (χ3n) is 7.90. The molecular weight excluding hydrogens is 576 g/mol. The Morgan fingerprint density at radius 2 is 1.88 bits per heavy atom. The number of nitrogens with zero attached hydrogens (tertiary/aromatic N) is 1. The van der Waals surface area contributed by atoms with Gasteiger partial charge in [0.1, 0.15) is 23.9 Å². The first-order chi connectivity index (χ1) is 19.4. The van der Waals surface area contributed by atoms with E-state index >= 15 is 0 Å². The van der Waals surface area contributed by atoms with Gasteiger partial charge in [0.2, 0.25) is 5.91 Å². The minimum absolute atomic E-state index is 0.0644. The smallest absolute Gasteiger partial charge is 0.407 e. The van der Waals surface area contributed by atoms with Crippen LogP contribution < -0.4 is 10.1 Å². The lowest BCUT2D eigenvalue weighted by atomic mass is 9.83. The second kappa shape index (κ2) is 14.5. The van der Waals surface area contributed by atoms with Crippen LogP contribution in [0.1, 0.15) is 64.2 Å². The fourth-order valence-electron chi connectivity index (χ4n) is 5.77. The number of ether oxygens (including phenoxy) is 2. The summed E-state index contributed by atoms with van der Waals surface area (Å²) < 4.78 is 12.4. The Morgan fingerprint density at radius 3 is 2.62 bits per heavy atom. The van der Waals surface area contributed by atoms with E-state index in [0.717, 1.165) is 73.0 Å². The lowest BCUT2D eigenvalue weighted by Gasteiger charge is -2.33. The van der Waals surface area contributed by atoms with Gasteiger partial charge in [-0.15, -0.1) is 6.58 Å². The van der Waals surface area contributed by atoms with Crippen LogP contribution in [-0.4, -0.2) is 59.3 Å². The normalized spacial score (nSPS) is 20.2. The molecule has 1 saturated heterocycles. The van der Waals surface area contributed by atoms with Crippen molar-refractivity contribution in [3.63, 3.8) is 0 Å². The first-order valence-electron chi connectivity index (χ1n) is 14.3. The molecule has 1 aliphatic heterocycles. The molecule has 9 heteroatoms. The number of carbonyl (C=O) groups excluding carboxylic acids is 2. The summed E-state index contributed by atoms with van der Waals surface area (Å²) in [5.41, 5.74) is 0. The summed E-state index contributed by atoms with van der Waals surface area (Å²) in [7, 11) is 0. The molecule has 0 bridgehead atoms. The minimum Gasteiger partial charge on any atom is -0.487 e. The van der Waals surface area contributed by atoms with Crippen molar-refractivity contribution < 1.29 is 29.0 Å². The van der Waals surface area contributed by atoms with E-state index in [0.29, 0.717) is 5.75 Å². The number of aliphatic carboxylic acids is 1. The van der Waals surface area contributed by atoms with Gasteiger partial charge < -0.3 is 24.8 Å². The molecular formula is C31H39BrN2O6. The number of nitrogens with one attached hydrogen (secondary N) is 1. The van der Waals surface area contributed by atoms with Crippen molar-refractivity contribution in [3.8, 4) is 5.75 Å². The van der Waals surface area contributed by atoms with Crippen molar-refractivity contribution >= 4 is 44.7 Å². The molecule has 1 aliphatic carbocycles. The summed E-state index contributed by atoms with van der Waals surface area (Å²) in [5, 5.41) is 14.9. The van der Waals surface area contributed by atoms with Gasteiger partial charge >= 0.3 is 12.1 Å². The van der Waals surface area contributed by atoms with Crippen molar-refractivity contribution in [2.24, 2.45) is 5.92 Å². The molecule has 0 unspecified atom stereocenters. The lowest BCUT2D eigenvalue weighted by molar-refractivity contribution is -0.149. The van der Waals surface area contributed by atoms with Crippen molar-refractivity contribution in [3.05, 3.63) is 53.5 Å². The zero-order chi connectivity index (χ0) is 28.5. The monoisotopic (exact) mass is 614 g/mol. The largest absolute Gasteiger partial charge is 0.487 e. The number of carboxylic acids is 1. The van der Waals surface area contributed by atoms with Crippen LogP contribution in [0, 0.1) is 5.92 Å². The van der Waals surface area contributed by atoms with Crippen LogP contribution in [0.5, 0.6) is 5.75 Å². The molecule has 3 atom stereocenters. The number of hydrogen-bond donors (Lipinski definition) is 2. The Morgan fingerprint density at radius 1 is 1.10 bits per heavy atom. The second-order valence-electron chi connectivity index (χ2n) is 10.7. The number of hydrogen-bond acceptors (Lipinski definition) is 5. The molecule has 0 aromatic heterocycles. The van der Waals surface area contributed by atoms with E-state index in [-0.39, 0.29) is 31.4 Å².